The van der Waals surface area contributed by atoms with Crippen LogP contribution in [0.1, 0.15) is 30.0 Å². The van der Waals surface area contributed by atoms with E-state index in [4.69, 9.17) is 0 Å². The summed E-state index contributed by atoms with van der Waals surface area (Å²) in [7, 11) is 0. The Morgan fingerprint density at radius 2 is 2.15 bits per heavy atom. The zero-order valence-electron chi connectivity index (χ0n) is 14.5. The lowest BCUT2D eigenvalue weighted by molar-refractivity contribution is -0.119. The van der Waals surface area contributed by atoms with E-state index in [1.165, 1.54) is 39.7 Å². The normalized spacial score (nSPS) is 16.0. The molecule has 27 heavy (non-hydrogen) atoms. The van der Waals surface area contributed by atoms with Gasteiger partial charge in [0.2, 0.25) is 11.1 Å². The minimum atomic E-state index is -0.368. The van der Waals surface area contributed by atoms with Crippen molar-refractivity contribution in [3.63, 3.8) is 0 Å². The van der Waals surface area contributed by atoms with Crippen molar-refractivity contribution in [1.82, 2.24) is 25.5 Å². The number of amides is 1. The zero-order chi connectivity index (χ0) is 18.6. The van der Waals surface area contributed by atoms with Gasteiger partial charge in [0.25, 0.3) is 0 Å². The minimum absolute atomic E-state index is 0.0438. The molecule has 1 amide bonds. The first kappa shape index (κ1) is 17.7. The first-order chi connectivity index (χ1) is 13.2. The van der Waals surface area contributed by atoms with E-state index in [9.17, 15) is 9.18 Å². The molecule has 1 N–H and O–H groups in total. The second-order valence-electron chi connectivity index (χ2n) is 6.35. The second-order valence-corrected chi connectivity index (χ2v) is 7.30. The lowest BCUT2D eigenvalue weighted by atomic mass is 9.88. The Balaban J connectivity index is 1.41. The van der Waals surface area contributed by atoms with Crippen molar-refractivity contribution < 1.29 is 9.18 Å². The Labute approximate surface area is 160 Å². The van der Waals surface area contributed by atoms with Gasteiger partial charge in [0.15, 0.2) is 0 Å². The summed E-state index contributed by atoms with van der Waals surface area (Å²) in [5.74, 6) is -0.253. The molecule has 3 aromatic rings. The van der Waals surface area contributed by atoms with Crippen molar-refractivity contribution in [3.8, 4) is 5.69 Å². The summed E-state index contributed by atoms with van der Waals surface area (Å²) in [6.07, 6.45) is 3.06. The molecule has 1 aromatic heterocycles. The Kier molecular flexibility index (Phi) is 5.15. The van der Waals surface area contributed by atoms with Crippen LogP contribution in [0.15, 0.2) is 53.7 Å². The molecule has 0 radical (unpaired) electrons. The van der Waals surface area contributed by atoms with Crippen molar-refractivity contribution in [1.29, 1.82) is 0 Å². The van der Waals surface area contributed by atoms with Gasteiger partial charge in [-0.1, -0.05) is 42.1 Å². The van der Waals surface area contributed by atoms with E-state index in [2.05, 4.69) is 33.0 Å². The Morgan fingerprint density at radius 3 is 3.04 bits per heavy atom. The average molecular weight is 383 g/mol. The molecule has 1 heterocycles. The standard InChI is InChI=1S/C19H18FN5OS/c20-14-7-4-8-15(11-14)25-19(22-23-24-25)27-12-18(26)21-17-10-3-6-13-5-1-2-9-16(13)17/h1-2,4-5,7-9,11,17H,3,6,10,12H2,(H,21,26)/t17-/m1/s1. The quantitative estimate of drug-likeness (QED) is 0.686. The molecule has 2 aromatic carbocycles. The molecular formula is C19H18FN5OS. The van der Waals surface area contributed by atoms with Crippen LogP contribution < -0.4 is 5.32 Å². The smallest absolute Gasteiger partial charge is 0.230 e. The molecular weight excluding hydrogens is 365 g/mol. The lowest BCUT2D eigenvalue weighted by Crippen LogP contribution is -2.32. The van der Waals surface area contributed by atoms with Crippen LogP contribution in [0.2, 0.25) is 0 Å². The first-order valence-electron chi connectivity index (χ1n) is 8.75. The number of carbonyl (C=O) groups excluding carboxylic acids is 1. The van der Waals surface area contributed by atoms with Gasteiger partial charge in [0.1, 0.15) is 5.82 Å². The van der Waals surface area contributed by atoms with Crippen molar-refractivity contribution in [2.45, 2.75) is 30.5 Å². The number of carbonyl (C=O) groups is 1. The van der Waals surface area contributed by atoms with Crippen LogP contribution in [-0.2, 0) is 11.2 Å². The van der Waals surface area contributed by atoms with Crippen LogP contribution in [0.4, 0.5) is 4.39 Å². The monoisotopic (exact) mass is 383 g/mol. The predicted molar refractivity (Wildman–Crippen MR) is 100 cm³/mol. The van der Waals surface area contributed by atoms with Gasteiger partial charge in [-0.3, -0.25) is 4.79 Å². The predicted octanol–water partition coefficient (Wildman–Crippen LogP) is 3.09. The Morgan fingerprint density at radius 1 is 1.26 bits per heavy atom. The largest absolute Gasteiger partial charge is 0.349 e. The first-order valence-corrected chi connectivity index (χ1v) is 9.73. The summed E-state index contributed by atoms with van der Waals surface area (Å²) in [5.41, 5.74) is 3.02. The molecule has 0 bridgehead atoms. The maximum atomic E-state index is 13.4. The summed E-state index contributed by atoms with van der Waals surface area (Å²) >= 11 is 1.22. The van der Waals surface area contributed by atoms with E-state index in [-0.39, 0.29) is 23.5 Å². The Bertz CT molecular complexity index is 961. The van der Waals surface area contributed by atoms with Crippen molar-refractivity contribution in [2.75, 3.05) is 5.75 Å². The molecule has 4 rings (SSSR count). The highest BCUT2D eigenvalue weighted by atomic mass is 32.2. The number of benzene rings is 2. The number of nitrogens with one attached hydrogen (secondary N) is 1. The summed E-state index contributed by atoms with van der Waals surface area (Å²) in [5, 5.41) is 15.0. The maximum Gasteiger partial charge on any atom is 0.230 e. The number of rotatable bonds is 5. The van der Waals surface area contributed by atoms with E-state index < -0.39 is 0 Å². The second kappa shape index (κ2) is 7.87. The van der Waals surface area contributed by atoms with Crippen LogP contribution in [0.25, 0.3) is 5.69 Å². The molecule has 0 unspecified atom stereocenters. The number of fused-ring (bicyclic) bond motifs is 1. The van der Waals surface area contributed by atoms with Gasteiger partial charge in [0.05, 0.1) is 17.5 Å². The Hall–Kier alpha value is -2.74. The summed E-state index contributed by atoms with van der Waals surface area (Å²) in [6.45, 7) is 0. The fourth-order valence-corrected chi connectivity index (χ4v) is 4.01. The van der Waals surface area contributed by atoms with Gasteiger partial charge >= 0.3 is 0 Å². The fraction of sp³-hybridized carbons (Fsp3) is 0.263. The topological polar surface area (TPSA) is 72.7 Å². The highest BCUT2D eigenvalue weighted by Crippen LogP contribution is 2.29. The van der Waals surface area contributed by atoms with Crippen LogP contribution in [0.5, 0.6) is 0 Å². The molecule has 138 valence electrons. The number of nitrogens with zero attached hydrogens (tertiary/aromatic N) is 4. The molecule has 6 nitrogen and oxygen atoms in total. The lowest BCUT2D eigenvalue weighted by Gasteiger charge is -2.26. The van der Waals surface area contributed by atoms with Gasteiger partial charge in [-0.05, 0) is 59.0 Å². The third-order valence-electron chi connectivity index (χ3n) is 4.53. The summed E-state index contributed by atoms with van der Waals surface area (Å²) in [6, 6.07) is 14.3. The zero-order valence-corrected chi connectivity index (χ0v) is 15.3. The number of hydrogen-bond acceptors (Lipinski definition) is 5. The number of aryl methyl sites for hydroxylation is 1. The molecule has 1 aliphatic rings. The van der Waals surface area contributed by atoms with Crippen molar-refractivity contribution in [3.05, 3.63) is 65.5 Å². The molecule has 1 atom stereocenters. The van der Waals surface area contributed by atoms with E-state index in [0.717, 1.165) is 19.3 Å². The number of halogens is 1. The van der Waals surface area contributed by atoms with Crippen LogP contribution >= 0.6 is 11.8 Å². The molecule has 1 aliphatic carbocycles. The minimum Gasteiger partial charge on any atom is -0.349 e. The van der Waals surface area contributed by atoms with Gasteiger partial charge in [-0.25, -0.2) is 4.39 Å². The number of hydrogen-bond donors (Lipinski definition) is 1. The van der Waals surface area contributed by atoms with E-state index >= 15 is 0 Å². The van der Waals surface area contributed by atoms with Gasteiger partial charge < -0.3 is 5.32 Å². The van der Waals surface area contributed by atoms with Crippen molar-refractivity contribution >= 4 is 17.7 Å². The highest BCUT2D eigenvalue weighted by Gasteiger charge is 2.21. The molecule has 0 saturated carbocycles. The SMILES string of the molecule is O=C(CSc1nnnn1-c1cccc(F)c1)N[C@@H]1CCCc2ccccc21. The molecule has 0 aliphatic heterocycles. The maximum absolute atomic E-state index is 13.4. The molecule has 8 heteroatoms. The van der Waals surface area contributed by atoms with Gasteiger partial charge in [0, 0.05) is 0 Å². The fourth-order valence-electron chi connectivity index (χ4n) is 3.31. The molecule has 0 saturated heterocycles. The molecule has 0 fully saturated rings. The van der Waals surface area contributed by atoms with E-state index in [1.807, 2.05) is 12.1 Å². The molecule has 0 spiro atoms. The van der Waals surface area contributed by atoms with Crippen LogP contribution in [-0.4, -0.2) is 31.9 Å². The highest BCUT2D eigenvalue weighted by molar-refractivity contribution is 7.99. The van der Waals surface area contributed by atoms with Crippen LogP contribution in [0.3, 0.4) is 0 Å². The summed E-state index contributed by atoms with van der Waals surface area (Å²) in [4.78, 5) is 12.4. The van der Waals surface area contributed by atoms with Crippen molar-refractivity contribution in [2.24, 2.45) is 0 Å². The number of thioether (sulfide) groups is 1. The summed E-state index contributed by atoms with van der Waals surface area (Å²) < 4.78 is 14.9. The third kappa shape index (κ3) is 4.00. The van der Waals surface area contributed by atoms with E-state index in [0.29, 0.717) is 10.8 Å². The van der Waals surface area contributed by atoms with Crippen LogP contribution in [0, 0.1) is 5.82 Å². The van der Waals surface area contributed by atoms with Gasteiger partial charge in [-0.15, -0.1) is 5.10 Å². The average Bonchev–Trinajstić information content (AvgIpc) is 3.15. The third-order valence-corrected chi connectivity index (χ3v) is 5.45. The van der Waals surface area contributed by atoms with Gasteiger partial charge in [-0.2, -0.15) is 4.68 Å². The number of tetrazole rings is 1. The number of aromatic nitrogens is 4. The van der Waals surface area contributed by atoms with E-state index in [1.54, 1.807) is 12.1 Å².